The summed E-state index contributed by atoms with van der Waals surface area (Å²) in [6.07, 6.45) is 0. The number of imide groups is 1. The van der Waals surface area contributed by atoms with Crippen molar-refractivity contribution in [2.45, 2.75) is 6.92 Å². The van der Waals surface area contributed by atoms with Crippen LogP contribution in [0, 0.1) is 17.0 Å². The molecule has 0 fully saturated rings. The van der Waals surface area contributed by atoms with Crippen LogP contribution in [0.4, 0.5) is 11.4 Å². The first-order valence-corrected chi connectivity index (χ1v) is 9.75. The van der Waals surface area contributed by atoms with Gasteiger partial charge in [0.25, 0.3) is 23.4 Å². The number of anilines is 1. The lowest BCUT2D eigenvalue weighted by Gasteiger charge is -2.10. The van der Waals surface area contributed by atoms with Crippen LogP contribution in [-0.2, 0) is 4.79 Å². The molecule has 2 N–H and O–H groups in total. The van der Waals surface area contributed by atoms with Gasteiger partial charge in [-0.15, -0.1) is 0 Å². The number of carbonyl (C=O) groups excluding carboxylic acids is 3. The fourth-order valence-electron chi connectivity index (χ4n) is 3.17. The number of hydrogen-bond acceptors (Lipinski definition) is 7. The second kappa shape index (κ2) is 8.79. The zero-order chi connectivity index (χ0) is 23.5. The standard InChI is InChI=1S/C23H17N3O7/c1-13-2-5-16(11-20(13)26(30)31)32-12-21(27)24-14-3-6-15(7-4-14)33-17-8-9-18-19(10-17)23(29)25-22(18)28/h2-11H,12H2,1H3,(H,24,27)(H,25,28,29). The summed E-state index contributed by atoms with van der Waals surface area (Å²) < 4.78 is 11.1. The largest absolute Gasteiger partial charge is 0.484 e. The van der Waals surface area contributed by atoms with E-state index in [0.29, 0.717) is 28.3 Å². The SMILES string of the molecule is Cc1ccc(OCC(=O)Nc2ccc(Oc3ccc4c(c3)C(=O)NC4=O)cc2)cc1[N+](=O)[O-]. The van der Waals surface area contributed by atoms with E-state index < -0.39 is 22.6 Å². The van der Waals surface area contributed by atoms with Gasteiger partial charge in [-0.3, -0.25) is 29.8 Å². The van der Waals surface area contributed by atoms with Crippen molar-refractivity contribution < 1.29 is 28.8 Å². The predicted octanol–water partition coefficient (Wildman–Crippen LogP) is 3.60. The lowest BCUT2D eigenvalue weighted by molar-refractivity contribution is -0.385. The molecule has 10 heteroatoms. The first-order chi connectivity index (χ1) is 15.8. The Hall–Kier alpha value is -4.73. The first kappa shape index (κ1) is 21.5. The van der Waals surface area contributed by atoms with Crippen LogP contribution < -0.4 is 20.1 Å². The molecule has 0 aromatic heterocycles. The lowest BCUT2D eigenvalue weighted by Crippen LogP contribution is -2.20. The Bertz CT molecular complexity index is 1290. The van der Waals surface area contributed by atoms with Gasteiger partial charge in [0.1, 0.15) is 17.2 Å². The van der Waals surface area contributed by atoms with Crippen molar-refractivity contribution in [2.75, 3.05) is 11.9 Å². The van der Waals surface area contributed by atoms with Crippen LogP contribution in [-0.4, -0.2) is 29.3 Å². The summed E-state index contributed by atoms with van der Waals surface area (Å²) in [5, 5.41) is 15.9. The molecule has 0 aliphatic carbocycles. The Morgan fingerprint density at radius 1 is 0.939 bits per heavy atom. The molecule has 166 valence electrons. The second-order valence-corrected chi connectivity index (χ2v) is 7.16. The van der Waals surface area contributed by atoms with Gasteiger partial charge < -0.3 is 14.8 Å². The van der Waals surface area contributed by atoms with Crippen molar-refractivity contribution in [3.8, 4) is 17.2 Å². The maximum atomic E-state index is 12.1. The van der Waals surface area contributed by atoms with Gasteiger partial charge in [0, 0.05) is 11.3 Å². The highest BCUT2D eigenvalue weighted by molar-refractivity contribution is 6.21. The van der Waals surface area contributed by atoms with E-state index in [2.05, 4.69) is 10.6 Å². The van der Waals surface area contributed by atoms with Crippen LogP contribution in [0.25, 0.3) is 0 Å². The minimum Gasteiger partial charge on any atom is -0.484 e. The smallest absolute Gasteiger partial charge is 0.276 e. The number of nitro groups is 1. The van der Waals surface area contributed by atoms with Gasteiger partial charge in [-0.1, -0.05) is 0 Å². The lowest BCUT2D eigenvalue weighted by atomic mass is 10.1. The summed E-state index contributed by atoms with van der Waals surface area (Å²) in [6.45, 7) is 1.29. The van der Waals surface area contributed by atoms with Crippen molar-refractivity contribution in [3.63, 3.8) is 0 Å². The summed E-state index contributed by atoms with van der Waals surface area (Å²) >= 11 is 0. The average molecular weight is 447 g/mol. The van der Waals surface area contributed by atoms with E-state index in [9.17, 15) is 24.5 Å². The Labute approximate surface area is 187 Å². The summed E-state index contributed by atoms with van der Waals surface area (Å²) in [5.74, 6) is -0.291. The van der Waals surface area contributed by atoms with Crippen molar-refractivity contribution in [2.24, 2.45) is 0 Å². The molecule has 0 atom stereocenters. The minimum absolute atomic E-state index is 0.0842. The zero-order valence-electron chi connectivity index (χ0n) is 17.3. The van der Waals surface area contributed by atoms with E-state index in [1.54, 1.807) is 49.4 Å². The quantitative estimate of drug-likeness (QED) is 0.321. The maximum Gasteiger partial charge on any atom is 0.276 e. The van der Waals surface area contributed by atoms with Crippen LogP contribution >= 0.6 is 0 Å². The Balaban J connectivity index is 1.33. The number of carbonyl (C=O) groups is 3. The van der Waals surface area contributed by atoms with Crippen LogP contribution in [0.15, 0.2) is 60.7 Å². The van der Waals surface area contributed by atoms with Crippen LogP contribution in [0.1, 0.15) is 26.3 Å². The number of benzene rings is 3. The molecule has 33 heavy (non-hydrogen) atoms. The van der Waals surface area contributed by atoms with Crippen molar-refractivity contribution in [1.29, 1.82) is 0 Å². The normalized spacial score (nSPS) is 12.0. The van der Waals surface area contributed by atoms with Crippen LogP contribution in [0.2, 0.25) is 0 Å². The molecular weight excluding hydrogens is 430 g/mol. The predicted molar refractivity (Wildman–Crippen MR) is 117 cm³/mol. The summed E-state index contributed by atoms with van der Waals surface area (Å²) in [6, 6.07) is 15.4. The Morgan fingerprint density at radius 3 is 2.33 bits per heavy atom. The number of amides is 3. The third-order valence-corrected chi connectivity index (χ3v) is 4.83. The zero-order valence-corrected chi connectivity index (χ0v) is 17.3. The van der Waals surface area contributed by atoms with E-state index in [1.165, 1.54) is 18.2 Å². The molecular formula is C23H17N3O7. The van der Waals surface area contributed by atoms with Crippen molar-refractivity contribution in [1.82, 2.24) is 5.32 Å². The minimum atomic E-state index is -0.511. The molecule has 0 radical (unpaired) electrons. The van der Waals surface area contributed by atoms with E-state index in [1.807, 2.05) is 0 Å². The summed E-state index contributed by atoms with van der Waals surface area (Å²) in [5.41, 5.74) is 1.45. The van der Waals surface area contributed by atoms with Crippen LogP contribution in [0.3, 0.4) is 0 Å². The number of nitrogens with one attached hydrogen (secondary N) is 2. The highest BCUT2D eigenvalue weighted by atomic mass is 16.6. The van der Waals surface area contributed by atoms with Gasteiger partial charge >= 0.3 is 0 Å². The summed E-state index contributed by atoms with van der Waals surface area (Å²) in [4.78, 5) is 46.0. The van der Waals surface area contributed by atoms with E-state index in [4.69, 9.17) is 9.47 Å². The van der Waals surface area contributed by atoms with Gasteiger partial charge in [0.15, 0.2) is 6.61 Å². The van der Waals surface area contributed by atoms with Gasteiger partial charge in [-0.2, -0.15) is 0 Å². The number of aryl methyl sites for hydroxylation is 1. The van der Waals surface area contributed by atoms with E-state index in [0.717, 1.165) is 0 Å². The topological polar surface area (TPSA) is 137 Å². The number of rotatable bonds is 7. The summed E-state index contributed by atoms with van der Waals surface area (Å²) in [7, 11) is 0. The fraction of sp³-hybridized carbons (Fsp3) is 0.0870. The Kier molecular flexibility index (Phi) is 5.73. The highest BCUT2D eigenvalue weighted by Crippen LogP contribution is 2.27. The molecule has 1 heterocycles. The number of ether oxygens (including phenoxy) is 2. The van der Waals surface area contributed by atoms with Crippen molar-refractivity contribution >= 4 is 29.1 Å². The van der Waals surface area contributed by atoms with Gasteiger partial charge in [-0.25, -0.2) is 0 Å². The van der Waals surface area contributed by atoms with Crippen molar-refractivity contribution in [3.05, 3.63) is 87.5 Å². The van der Waals surface area contributed by atoms with Gasteiger partial charge in [-0.05, 0) is 61.5 Å². The molecule has 0 spiro atoms. The Morgan fingerprint density at radius 2 is 1.61 bits per heavy atom. The molecule has 0 unspecified atom stereocenters. The third-order valence-electron chi connectivity index (χ3n) is 4.83. The fourth-order valence-corrected chi connectivity index (χ4v) is 3.17. The number of nitrogens with zero attached hydrogens (tertiary/aromatic N) is 1. The van der Waals surface area contributed by atoms with Gasteiger partial charge in [0.2, 0.25) is 0 Å². The molecule has 1 aliphatic rings. The first-order valence-electron chi connectivity index (χ1n) is 9.75. The van der Waals surface area contributed by atoms with E-state index in [-0.39, 0.29) is 23.6 Å². The number of nitro benzene ring substituents is 1. The average Bonchev–Trinajstić information content (AvgIpc) is 3.07. The number of hydrogen-bond donors (Lipinski definition) is 2. The molecule has 3 aromatic rings. The highest BCUT2D eigenvalue weighted by Gasteiger charge is 2.27. The monoisotopic (exact) mass is 447 g/mol. The number of fused-ring (bicyclic) bond motifs is 1. The molecule has 3 aromatic carbocycles. The molecule has 0 saturated heterocycles. The molecule has 1 aliphatic heterocycles. The molecule has 10 nitrogen and oxygen atoms in total. The third kappa shape index (κ3) is 4.79. The maximum absolute atomic E-state index is 12.1. The second-order valence-electron chi connectivity index (χ2n) is 7.16. The van der Waals surface area contributed by atoms with E-state index >= 15 is 0 Å². The van der Waals surface area contributed by atoms with Crippen LogP contribution in [0.5, 0.6) is 17.2 Å². The molecule has 0 saturated carbocycles. The van der Waals surface area contributed by atoms with Gasteiger partial charge in [0.05, 0.1) is 22.1 Å². The molecule has 3 amide bonds. The molecule has 0 bridgehead atoms. The molecule has 4 rings (SSSR count).